The van der Waals surface area contributed by atoms with Gasteiger partial charge in [-0.3, -0.25) is 9.78 Å². The van der Waals surface area contributed by atoms with Crippen LogP contribution in [0.5, 0.6) is 0 Å². The molecule has 1 N–H and O–H groups in total. The van der Waals surface area contributed by atoms with Crippen LogP contribution in [0.1, 0.15) is 28.9 Å². The van der Waals surface area contributed by atoms with Gasteiger partial charge in [0.1, 0.15) is 0 Å². The largest absolute Gasteiger partial charge is 0.306 e. The van der Waals surface area contributed by atoms with Crippen LogP contribution >= 0.6 is 0 Å². The Morgan fingerprint density at radius 2 is 2.00 bits per heavy atom. The van der Waals surface area contributed by atoms with E-state index in [9.17, 15) is 4.79 Å². The fourth-order valence-corrected chi connectivity index (χ4v) is 2.67. The van der Waals surface area contributed by atoms with Crippen molar-refractivity contribution in [3.63, 3.8) is 0 Å². The van der Waals surface area contributed by atoms with Crippen molar-refractivity contribution < 1.29 is 4.79 Å². The molecule has 1 amide bonds. The Hall–Kier alpha value is -2.27. The van der Waals surface area contributed by atoms with Gasteiger partial charge >= 0.3 is 0 Å². The Labute approximate surface area is 130 Å². The summed E-state index contributed by atoms with van der Waals surface area (Å²) >= 11 is 0. The van der Waals surface area contributed by atoms with Gasteiger partial charge in [-0.1, -0.05) is 18.2 Å². The molecule has 5 nitrogen and oxygen atoms in total. The molecule has 1 aliphatic rings. The number of likely N-dealkylation sites (tertiary alicyclic amines) is 1. The Morgan fingerprint density at radius 3 is 2.77 bits per heavy atom. The number of benzene rings is 1. The quantitative estimate of drug-likeness (QED) is 0.866. The van der Waals surface area contributed by atoms with Crippen molar-refractivity contribution in [3.05, 3.63) is 41.6 Å². The van der Waals surface area contributed by atoms with Gasteiger partial charge in [-0.15, -0.1) is 0 Å². The van der Waals surface area contributed by atoms with Crippen LogP contribution in [0.25, 0.3) is 10.9 Å². The summed E-state index contributed by atoms with van der Waals surface area (Å²) in [5, 5.41) is 5.16. The first kappa shape index (κ1) is 14.7. The molecule has 0 saturated carbocycles. The van der Waals surface area contributed by atoms with E-state index >= 15 is 0 Å². The first-order valence-corrected chi connectivity index (χ1v) is 7.54. The Morgan fingerprint density at radius 1 is 1.27 bits per heavy atom. The highest BCUT2D eigenvalue weighted by Crippen LogP contribution is 2.18. The van der Waals surface area contributed by atoms with Gasteiger partial charge in [-0.2, -0.15) is 5.10 Å². The topological polar surface area (TPSA) is 57.6 Å². The average molecular weight is 296 g/mol. The molecule has 0 aliphatic carbocycles. The van der Waals surface area contributed by atoms with E-state index in [1.54, 1.807) is 0 Å². The number of nitrogens with one attached hydrogen (secondary N) is 1. The molecule has 0 spiro atoms. The van der Waals surface area contributed by atoms with Gasteiger partial charge in [0.05, 0.1) is 11.1 Å². The lowest BCUT2D eigenvalue weighted by Gasteiger charge is -2.22. The Kier molecular flexibility index (Phi) is 4.15. The van der Waals surface area contributed by atoms with Crippen LogP contribution < -0.4 is 5.43 Å². The van der Waals surface area contributed by atoms with Crippen LogP contribution in [-0.4, -0.2) is 41.6 Å². The SMILES string of the molecule is Cc1cc(C(=O)NN=C2CCN(C)CC2)c2ccccc2n1. The van der Waals surface area contributed by atoms with Crippen molar-refractivity contribution >= 4 is 22.5 Å². The maximum Gasteiger partial charge on any atom is 0.272 e. The number of carbonyl (C=O) groups excluding carboxylic acids is 1. The van der Waals surface area contributed by atoms with Crippen molar-refractivity contribution in [1.82, 2.24) is 15.3 Å². The maximum absolute atomic E-state index is 12.5. The number of piperidine rings is 1. The van der Waals surface area contributed by atoms with Gasteiger partial charge in [-0.25, -0.2) is 5.43 Å². The van der Waals surface area contributed by atoms with Crippen LogP contribution in [0.2, 0.25) is 0 Å². The maximum atomic E-state index is 12.5. The number of carbonyl (C=O) groups is 1. The highest BCUT2D eigenvalue weighted by molar-refractivity contribution is 6.06. The van der Waals surface area contributed by atoms with E-state index < -0.39 is 0 Å². The van der Waals surface area contributed by atoms with E-state index in [0.29, 0.717) is 5.56 Å². The molecule has 1 saturated heterocycles. The van der Waals surface area contributed by atoms with E-state index in [0.717, 1.165) is 48.2 Å². The summed E-state index contributed by atoms with van der Waals surface area (Å²) in [5.41, 5.74) is 6.05. The Bertz CT molecular complexity index is 729. The zero-order valence-electron chi connectivity index (χ0n) is 13.0. The highest BCUT2D eigenvalue weighted by atomic mass is 16.2. The molecule has 0 bridgehead atoms. The number of rotatable bonds is 2. The highest BCUT2D eigenvalue weighted by Gasteiger charge is 2.14. The van der Waals surface area contributed by atoms with Gasteiger partial charge < -0.3 is 4.90 Å². The number of hydrogen-bond donors (Lipinski definition) is 1. The van der Waals surface area contributed by atoms with Crippen molar-refractivity contribution in [1.29, 1.82) is 0 Å². The van der Waals surface area contributed by atoms with Gasteiger partial charge in [0.15, 0.2) is 0 Å². The van der Waals surface area contributed by atoms with Gasteiger partial charge in [0.25, 0.3) is 5.91 Å². The summed E-state index contributed by atoms with van der Waals surface area (Å²) in [7, 11) is 2.10. The van der Waals surface area contributed by atoms with Crippen LogP contribution in [0, 0.1) is 6.92 Å². The summed E-state index contributed by atoms with van der Waals surface area (Å²) in [6.45, 7) is 3.88. The number of fused-ring (bicyclic) bond motifs is 1. The third-order valence-corrected chi connectivity index (χ3v) is 3.97. The number of amides is 1. The molecule has 0 atom stereocenters. The first-order valence-electron chi connectivity index (χ1n) is 7.54. The summed E-state index contributed by atoms with van der Waals surface area (Å²) < 4.78 is 0. The zero-order chi connectivity index (χ0) is 15.5. The predicted molar refractivity (Wildman–Crippen MR) is 88.1 cm³/mol. The monoisotopic (exact) mass is 296 g/mol. The Balaban J connectivity index is 1.82. The number of para-hydroxylation sites is 1. The third-order valence-electron chi connectivity index (χ3n) is 3.97. The molecule has 1 aliphatic heterocycles. The predicted octanol–water partition coefficient (Wildman–Crippen LogP) is 2.35. The molecule has 2 aromatic rings. The summed E-state index contributed by atoms with van der Waals surface area (Å²) in [4.78, 5) is 19.2. The zero-order valence-corrected chi connectivity index (χ0v) is 13.0. The molecule has 1 fully saturated rings. The number of hydrogen-bond acceptors (Lipinski definition) is 4. The molecular formula is C17H20N4O. The number of aryl methyl sites for hydroxylation is 1. The lowest BCUT2D eigenvalue weighted by molar-refractivity contribution is 0.0956. The minimum Gasteiger partial charge on any atom is -0.306 e. The molecule has 1 aromatic heterocycles. The van der Waals surface area contributed by atoms with E-state index in [-0.39, 0.29) is 5.91 Å². The number of aromatic nitrogens is 1. The molecule has 0 radical (unpaired) electrons. The lowest BCUT2D eigenvalue weighted by atomic mass is 10.1. The number of nitrogens with zero attached hydrogens (tertiary/aromatic N) is 3. The normalized spacial score (nSPS) is 15.8. The smallest absolute Gasteiger partial charge is 0.272 e. The van der Waals surface area contributed by atoms with Crippen LogP contribution in [-0.2, 0) is 0 Å². The molecule has 1 aromatic carbocycles. The van der Waals surface area contributed by atoms with Crippen LogP contribution in [0.4, 0.5) is 0 Å². The van der Waals surface area contributed by atoms with Crippen LogP contribution in [0.15, 0.2) is 35.4 Å². The fourth-order valence-electron chi connectivity index (χ4n) is 2.67. The molecule has 0 unspecified atom stereocenters. The summed E-state index contributed by atoms with van der Waals surface area (Å²) in [6.07, 6.45) is 1.82. The van der Waals surface area contributed by atoms with Gasteiger partial charge in [0.2, 0.25) is 0 Å². The average Bonchev–Trinajstić information content (AvgIpc) is 2.53. The molecule has 3 rings (SSSR count). The van der Waals surface area contributed by atoms with E-state index in [2.05, 4.69) is 27.5 Å². The minimum absolute atomic E-state index is 0.173. The fraction of sp³-hybridized carbons (Fsp3) is 0.353. The lowest BCUT2D eigenvalue weighted by Crippen LogP contribution is -2.32. The third kappa shape index (κ3) is 3.14. The van der Waals surface area contributed by atoms with E-state index in [4.69, 9.17) is 0 Å². The standard InChI is InChI=1S/C17H20N4O/c1-12-11-15(14-5-3-4-6-16(14)18-12)17(22)20-19-13-7-9-21(2)10-8-13/h3-6,11H,7-10H2,1-2H3,(H,20,22). The minimum atomic E-state index is -0.173. The molecular weight excluding hydrogens is 276 g/mol. The van der Waals surface area contributed by atoms with Gasteiger partial charge in [-0.05, 0) is 26.1 Å². The summed E-state index contributed by atoms with van der Waals surface area (Å²) in [5.74, 6) is -0.173. The molecule has 22 heavy (non-hydrogen) atoms. The number of hydrazone groups is 1. The van der Waals surface area contributed by atoms with Crippen molar-refractivity contribution in [2.75, 3.05) is 20.1 Å². The van der Waals surface area contributed by atoms with E-state index in [1.165, 1.54) is 0 Å². The number of pyridine rings is 1. The second kappa shape index (κ2) is 6.23. The second-order valence-corrected chi connectivity index (χ2v) is 5.75. The summed E-state index contributed by atoms with van der Waals surface area (Å²) in [6, 6.07) is 9.49. The molecule has 114 valence electrons. The van der Waals surface area contributed by atoms with E-state index in [1.807, 2.05) is 37.3 Å². The van der Waals surface area contributed by atoms with Crippen LogP contribution in [0.3, 0.4) is 0 Å². The van der Waals surface area contributed by atoms with Crippen molar-refractivity contribution in [2.24, 2.45) is 5.10 Å². The van der Waals surface area contributed by atoms with Crippen molar-refractivity contribution in [2.45, 2.75) is 19.8 Å². The second-order valence-electron chi connectivity index (χ2n) is 5.75. The molecule has 5 heteroatoms. The van der Waals surface area contributed by atoms with Gasteiger partial charge in [0, 0.05) is 42.7 Å². The molecule has 2 heterocycles. The first-order chi connectivity index (χ1) is 10.6. The van der Waals surface area contributed by atoms with Crippen molar-refractivity contribution in [3.8, 4) is 0 Å².